The Hall–Kier alpha value is -2.79. The molecule has 0 fully saturated rings. The fourth-order valence-electron chi connectivity index (χ4n) is 2.46. The van der Waals surface area contributed by atoms with Crippen molar-refractivity contribution in [1.29, 1.82) is 0 Å². The molecule has 6 heteroatoms. The molecule has 3 aromatic rings. The number of methoxy groups -OCH3 is 1. The molecular formula is C18H15ClN2O3. The minimum atomic E-state index is -0.407. The lowest BCUT2D eigenvalue weighted by Gasteiger charge is -2.08. The summed E-state index contributed by atoms with van der Waals surface area (Å²) < 4.78 is 6.52. The van der Waals surface area contributed by atoms with Crippen LogP contribution >= 0.6 is 11.6 Å². The van der Waals surface area contributed by atoms with Crippen LogP contribution in [0.4, 0.5) is 5.69 Å². The fourth-order valence-corrected chi connectivity index (χ4v) is 2.58. The zero-order valence-electron chi connectivity index (χ0n) is 13.0. The molecule has 0 spiro atoms. The number of rotatable bonds is 4. The average molecular weight is 343 g/mol. The van der Waals surface area contributed by atoms with Crippen LogP contribution in [0, 0.1) is 0 Å². The van der Waals surface area contributed by atoms with Crippen LogP contribution in [0.1, 0.15) is 10.4 Å². The highest BCUT2D eigenvalue weighted by Crippen LogP contribution is 2.19. The number of esters is 1. The van der Waals surface area contributed by atoms with Gasteiger partial charge >= 0.3 is 5.97 Å². The molecule has 1 N–H and O–H groups in total. The second kappa shape index (κ2) is 6.76. The molecule has 3 rings (SSSR count). The number of ether oxygens (including phenoxy) is 1. The van der Waals surface area contributed by atoms with Crippen molar-refractivity contribution in [2.24, 2.45) is 0 Å². The van der Waals surface area contributed by atoms with Gasteiger partial charge in [0, 0.05) is 22.4 Å². The summed E-state index contributed by atoms with van der Waals surface area (Å²) in [5.41, 5.74) is 1.92. The Kier molecular flexibility index (Phi) is 4.53. The first-order valence-corrected chi connectivity index (χ1v) is 7.67. The number of aromatic nitrogens is 1. The molecule has 0 aliphatic carbocycles. The van der Waals surface area contributed by atoms with Gasteiger partial charge in [-0.2, -0.15) is 0 Å². The van der Waals surface area contributed by atoms with Gasteiger partial charge in [0.05, 0.1) is 12.7 Å². The third-order valence-corrected chi connectivity index (χ3v) is 3.89. The van der Waals surface area contributed by atoms with Gasteiger partial charge in [0.1, 0.15) is 6.54 Å². The minimum absolute atomic E-state index is 0.136. The van der Waals surface area contributed by atoms with E-state index < -0.39 is 5.97 Å². The monoisotopic (exact) mass is 342 g/mol. The topological polar surface area (TPSA) is 60.3 Å². The van der Waals surface area contributed by atoms with Crippen molar-refractivity contribution in [3.05, 3.63) is 65.3 Å². The summed E-state index contributed by atoms with van der Waals surface area (Å²) in [6.45, 7) is 0.136. The van der Waals surface area contributed by atoms with Gasteiger partial charge < -0.3 is 14.6 Å². The van der Waals surface area contributed by atoms with Crippen molar-refractivity contribution in [3.8, 4) is 0 Å². The molecule has 1 heterocycles. The molecule has 1 amide bonds. The maximum absolute atomic E-state index is 12.2. The molecule has 122 valence electrons. The van der Waals surface area contributed by atoms with Crippen molar-refractivity contribution >= 4 is 40.1 Å². The summed E-state index contributed by atoms with van der Waals surface area (Å²) in [4.78, 5) is 23.9. The highest BCUT2D eigenvalue weighted by Gasteiger charge is 2.10. The van der Waals surface area contributed by atoms with Crippen LogP contribution in [0.3, 0.4) is 0 Å². The summed E-state index contributed by atoms with van der Waals surface area (Å²) in [6.07, 6.45) is 1.81. The molecule has 0 aliphatic rings. The van der Waals surface area contributed by atoms with Gasteiger partial charge in [-0.15, -0.1) is 0 Å². The molecule has 0 aliphatic heterocycles. The van der Waals surface area contributed by atoms with Crippen molar-refractivity contribution in [2.75, 3.05) is 12.4 Å². The molecular weight excluding hydrogens is 328 g/mol. The van der Waals surface area contributed by atoms with Crippen LogP contribution in [-0.4, -0.2) is 23.6 Å². The first kappa shape index (κ1) is 16.1. The van der Waals surface area contributed by atoms with Gasteiger partial charge in [-0.1, -0.05) is 17.7 Å². The van der Waals surface area contributed by atoms with Crippen molar-refractivity contribution in [3.63, 3.8) is 0 Å². The van der Waals surface area contributed by atoms with E-state index in [1.807, 2.05) is 18.3 Å². The lowest BCUT2D eigenvalue weighted by atomic mass is 10.1. The number of carbonyl (C=O) groups excluding carboxylic acids is 2. The zero-order chi connectivity index (χ0) is 17.1. The molecule has 0 bridgehead atoms. The number of fused-ring (bicyclic) bond motifs is 1. The van der Waals surface area contributed by atoms with E-state index in [0.29, 0.717) is 16.3 Å². The maximum atomic E-state index is 12.2. The standard InChI is InChI=1S/C18H15ClN2O3/c1-24-18(23)13-3-2-12-8-9-21(16(12)10-13)11-17(22)20-15-6-4-14(19)5-7-15/h2-10H,11H2,1H3,(H,20,22). The number of halogens is 1. The SMILES string of the molecule is COC(=O)c1ccc2ccn(CC(=O)Nc3ccc(Cl)cc3)c2c1. The lowest BCUT2D eigenvalue weighted by molar-refractivity contribution is -0.116. The summed E-state index contributed by atoms with van der Waals surface area (Å²) in [6, 6.07) is 14.0. The maximum Gasteiger partial charge on any atom is 0.337 e. The van der Waals surface area contributed by atoms with Gasteiger partial charge in [-0.25, -0.2) is 4.79 Å². The smallest absolute Gasteiger partial charge is 0.337 e. The molecule has 0 unspecified atom stereocenters. The molecule has 0 atom stereocenters. The molecule has 1 aromatic heterocycles. The number of nitrogens with one attached hydrogen (secondary N) is 1. The molecule has 2 aromatic carbocycles. The van der Waals surface area contributed by atoms with Gasteiger partial charge in [0.2, 0.25) is 5.91 Å². The quantitative estimate of drug-likeness (QED) is 0.735. The largest absolute Gasteiger partial charge is 0.465 e. The van der Waals surface area contributed by atoms with Crippen LogP contribution in [-0.2, 0) is 16.1 Å². The third kappa shape index (κ3) is 3.41. The minimum Gasteiger partial charge on any atom is -0.465 e. The van der Waals surface area contributed by atoms with Crippen LogP contribution in [0.2, 0.25) is 5.02 Å². The number of carbonyl (C=O) groups is 2. The molecule has 0 saturated carbocycles. The Bertz CT molecular complexity index is 900. The van der Waals surface area contributed by atoms with E-state index in [1.165, 1.54) is 7.11 Å². The van der Waals surface area contributed by atoms with Gasteiger partial charge in [-0.3, -0.25) is 4.79 Å². The lowest BCUT2D eigenvalue weighted by Crippen LogP contribution is -2.18. The van der Waals surface area contributed by atoms with Crippen molar-refractivity contribution in [1.82, 2.24) is 4.57 Å². The van der Waals surface area contributed by atoms with Crippen LogP contribution in [0.15, 0.2) is 54.7 Å². The Labute approximate surface area is 143 Å². The summed E-state index contributed by atoms with van der Waals surface area (Å²) in [5.74, 6) is -0.575. The molecule has 0 saturated heterocycles. The highest BCUT2D eigenvalue weighted by molar-refractivity contribution is 6.30. The number of hydrogen-bond acceptors (Lipinski definition) is 3. The van der Waals surface area contributed by atoms with Gasteiger partial charge in [-0.05, 0) is 47.9 Å². The molecule has 5 nitrogen and oxygen atoms in total. The third-order valence-electron chi connectivity index (χ3n) is 3.64. The number of benzene rings is 2. The fraction of sp³-hybridized carbons (Fsp3) is 0.111. The van der Waals surface area contributed by atoms with E-state index >= 15 is 0 Å². The van der Waals surface area contributed by atoms with Crippen molar-refractivity contribution < 1.29 is 14.3 Å². The summed E-state index contributed by atoms with van der Waals surface area (Å²) in [5, 5.41) is 4.37. The van der Waals surface area contributed by atoms with Gasteiger partial charge in [0.25, 0.3) is 0 Å². The molecule has 24 heavy (non-hydrogen) atoms. The second-order valence-electron chi connectivity index (χ2n) is 5.26. The second-order valence-corrected chi connectivity index (χ2v) is 5.70. The van der Waals surface area contributed by atoms with E-state index in [4.69, 9.17) is 16.3 Å². The first-order valence-electron chi connectivity index (χ1n) is 7.29. The highest BCUT2D eigenvalue weighted by atomic mass is 35.5. The van der Waals surface area contributed by atoms with E-state index in [-0.39, 0.29) is 12.5 Å². The Morgan fingerprint density at radius 1 is 1.12 bits per heavy atom. The van der Waals surface area contributed by atoms with Crippen LogP contribution < -0.4 is 5.32 Å². The number of nitrogens with zero attached hydrogens (tertiary/aromatic N) is 1. The van der Waals surface area contributed by atoms with Crippen LogP contribution in [0.5, 0.6) is 0 Å². The summed E-state index contributed by atoms with van der Waals surface area (Å²) >= 11 is 5.83. The Balaban J connectivity index is 1.80. The molecule has 0 radical (unpaired) electrons. The van der Waals surface area contributed by atoms with Crippen molar-refractivity contribution in [2.45, 2.75) is 6.54 Å². The van der Waals surface area contributed by atoms with Crippen LogP contribution in [0.25, 0.3) is 10.9 Å². The van der Waals surface area contributed by atoms with E-state index in [2.05, 4.69) is 5.32 Å². The van der Waals surface area contributed by atoms with Gasteiger partial charge in [0.15, 0.2) is 0 Å². The zero-order valence-corrected chi connectivity index (χ0v) is 13.7. The number of anilines is 1. The predicted octanol–water partition coefficient (Wildman–Crippen LogP) is 3.72. The normalized spacial score (nSPS) is 10.6. The first-order chi connectivity index (χ1) is 11.6. The average Bonchev–Trinajstić information content (AvgIpc) is 2.98. The Morgan fingerprint density at radius 3 is 2.58 bits per heavy atom. The van der Waals surface area contributed by atoms with E-state index in [1.54, 1.807) is 41.0 Å². The Morgan fingerprint density at radius 2 is 1.88 bits per heavy atom. The predicted molar refractivity (Wildman–Crippen MR) is 93.4 cm³/mol. The number of amides is 1. The number of hydrogen-bond donors (Lipinski definition) is 1. The van der Waals surface area contributed by atoms with E-state index in [9.17, 15) is 9.59 Å². The van der Waals surface area contributed by atoms with E-state index in [0.717, 1.165) is 10.9 Å². The summed E-state index contributed by atoms with van der Waals surface area (Å²) in [7, 11) is 1.34.